The second kappa shape index (κ2) is 7.07. The third-order valence-electron chi connectivity index (χ3n) is 2.62. The number of carbonyl (C=O) groups excluding carboxylic acids is 1. The summed E-state index contributed by atoms with van der Waals surface area (Å²) < 4.78 is 5.65. The molecule has 1 atom stereocenters. The van der Waals surface area contributed by atoms with Gasteiger partial charge < -0.3 is 15.2 Å². The van der Waals surface area contributed by atoms with Gasteiger partial charge in [-0.1, -0.05) is 12.1 Å². The molecule has 4 nitrogen and oxygen atoms in total. The van der Waals surface area contributed by atoms with E-state index in [1.54, 1.807) is 36.5 Å². The second-order valence-electron chi connectivity index (χ2n) is 4.45. The zero-order valence-corrected chi connectivity index (χ0v) is 12.0. The molecule has 1 aromatic carbocycles. The monoisotopic (exact) mass is 291 g/mol. The summed E-state index contributed by atoms with van der Waals surface area (Å²) in [6, 6.07) is 11.0. The van der Waals surface area contributed by atoms with Crippen molar-refractivity contribution < 1.29 is 14.6 Å². The first-order valence-corrected chi connectivity index (χ1v) is 7.24. The lowest BCUT2D eigenvalue weighted by atomic mass is 10.2. The third-order valence-corrected chi connectivity index (χ3v) is 3.47. The molecular formula is C15H17NO3S. The van der Waals surface area contributed by atoms with Crippen LogP contribution in [0.25, 0.3) is 0 Å². The van der Waals surface area contributed by atoms with E-state index < -0.39 is 6.10 Å². The predicted octanol–water partition coefficient (Wildman–Crippen LogP) is 2.44. The van der Waals surface area contributed by atoms with E-state index in [2.05, 4.69) is 5.32 Å². The SMILES string of the molecule is CC(O)CNC(=O)c1cccc(OCc2cccs2)c1. The van der Waals surface area contributed by atoms with E-state index in [4.69, 9.17) is 9.84 Å². The maximum atomic E-state index is 11.9. The van der Waals surface area contributed by atoms with Gasteiger partial charge in [0.25, 0.3) is 5.91 Å². The number of rotatable bonds is 6. The van der Waals surface area contributed by atoms with Crippen molar-refractivity contribution in [3.8, 4) is 5.75 Å². The van der Waals surface area contributed by atoms with Crippen molar-refractivity contribution in [3.63, 3.8) is 0 Å². The molecule has 0 saturated heterocycles. The highest BCUT2D eigenvalue weighted by Gasteiger charge is 2.07. The first kappa shape index (κ1) is 14.6. The summed E-state index contributed by atoms with van der Waals surface area (Å²) in [6.07, 6.45) is -0.558. The summed E-state index contributed by atoms with van der Waals surface area (Å²) in [4.78, 5) is 13.0. The van der Waals surface area contributed by atoms with Gasteiger partial charge >= 0.3 is 0 Å². The van der Waals surface area contributed by atoms with Crippen LogP contribution >= 0.6 is 11.3 Å². The summed E-state index contributed by atoms with van der Waals surface area (Å²) in [5, 5.41) is 13.8. The van der Waals surface area contributed by atoms with Crippen molar-refractivity contribution >= 4 is 17.2 Å². The molecule has 2 rings (SSSR count). The lowest BCUT2D eigenvalue weighted by molar-refractivity contribution is 0.0923. The Morgan fingerprint density at radius 3 is 2.95 bits per heavy atom. The number of ether oxygens (including phenoxy) is 1. The number of thiophene rings is 1. The molecule has 0 aliphatic rings. The molecule has 0 fully saturated rings. The van der Waals surface area contributed by atoms with Crippen molar-refractivity contribution in [2.24, 2.45) is 0 Å². The van der Waals surface area contributed by atoms with Crippen LogP contribution in [-0.4, -0.2) is 23.7 Å². The predicted molar refractivity (Wildman–Crippen MR) is 79.1 cm³/mol. The van der Waals surface area contributed by atoms with E-state index in [0.29, 0.717) is 17.9 Å². The van der Waals surface area contributed by atoms with Gasteiger partial charge in [0.15, 0.2) is 0 Å². The van der Waals surface area contributed by atoms with Crippen LogP contribution < -0.4 is 10.1 Å². The Hall–Kier alpha value is -1.85. The molecule has 0 bridgehead atoms. The van der Waals surface area contributed by atoms with Crippen LogP contribution in [-0.2, 0) is 6.61 Å². The quantitative estimate of drug-likeness (QED) is 0.859. The van der Waals surface area contributed by atoms with E-state index in [1.807, 2.05) is 23.6 Å². The fourth-order valence-corrected chi connectivity index (χ4v) is 2.23. The van der Waals surface area contributed by atoms with Crippen molar-refractivity contribution in [3.05, 3.63) is 52.2 Å². The Labute approximate surface area is 122 Å². The minimum atomic E-state index is -0.558. The largest absolute Gasteiger partial charge is 0.488 e. The molecule has 1 unspecified atom stereocenters. The van der Waals surface area contributed by atoms with Gasteiger partial charge in [0.2, 0.25) is 0 Å². The number of hydrogen-bond donors (Lipinski definition) is 2. The number of nitrogens with one attached hydrogen (secondary N) is 1. The van der Waals surface area contributed by atoms with Crippen LogP contribution in [0.3, 0.4) is 0 Å². The van der Waals surface area contributed by atoms with Crippen LogP contribution in [0.4, 0.5) is 0 Å². The molecule has 5 heteroatoms. The van der Waals surface area contributed by atoms with Gasteiger partial charge in [-0.2, -0.15) is 0 Å². The molecular weight excluding hydrogens is 274 g/mol. The van der Waals surface area contributed by atoms with Gasteiger partial charge in [0.1, 0.15) is 12.4 Å². The molecule has 106 valence electrons. The van der Waals surface area contributed by atoms with Gasteiger partial charge in [0, 0.05) is 17.0 Å². The summed E-state index contributed by atoms with van der Waals surface area (Å²) >= 11 is 1.63. The average Bonchev–Trinajstić information content (AvgIpc) is 2.96. The first-order valence-electron chi connectivity index (χ1n) is 6.36. The Morgan fingerprint density at radius 1 is 1.40 bits per heavy atom. The van der Waals surface area contributed by atoms with E-state index in [9.17, 15) is 4.79 Å². The van der Waals surface area contributed by atoms with Gasteiger partial charge in [-0.05, 0) is 36.6 Å². The zero-order valence-electron chi connectivity index (χ0n) is 11.2. The molecule has 0 saturated carbocycles. The smallest absolute Gasteiger partial charge is 0.251 e. The summed E-state index contributed by atoms with van der Waals surface area (Å²) in [7, 11) is 0. The number of benzene rings is 1. The Bertz CT molecular complexity index is 552. The third kappa shape index (κ3) is 4.36. The lowest BCUT2D eigenvalue weighted by Gasteiger charge is -2.09. The standard InChI is InChI=1S/C15H17NO3S/c1-11(17)9-16-15(18)12-4-2-5-13(8-12)19-10-14-6-3-7-20-14/h2-8,11,17H,9-10H2,1H3,(H,16,18). The van der Waals surface area contributed by atoms with Gasteiger partial charge in [-0.3, -0.25) is 4.79 Å². The van der Waals surface area contributed by atoms with Crippen LogP contribution in [0.15, 0.2) is 41.8 Å². The zero-order chi connectivity index (χ0) is 14.4. The average molecular weight is 291 g/mol. The Kier molecular flexibility index (Phi) is 5.15. The van der Waals surface area contributed by atoms with Crippen molar-refractivity contribution in [1.82, 2.24) is 5.32 Å². The van der Waals surface area contributed by atoms with Crippen LogP contribution in [0.5, 0.6) is 5.75 Å². The molecule has 1 aromatic heterocycles. The normalized spacial score (nSPS) is 11.9. The molecule has 0 spiro atoms. The number of carbonyl (C=O) groups is 1. The Balaban J connectivity index is 1.95. The molecule has 1 amide bonds. The highest BCUT2D eigenvalue weighted by atomic mass is 32.1. The van der Waals surface area contributed by atoms with E-state index in [1.165, 1.54) is 0 Å². The minimum Gasteiger partial charge on any atom is -0.488 e. The van der Waals surface area contributed by atoms with Crippen LogP contribution in [0.2, 0.25) is 0 Å². The van der Waals surface area contributed by atoms with Crippen LogP contribution in [0, 0.1) is 0 Å². The van der Waals surface area contributed by atoms with Crippen molar-refractivity contribution in [1.29, 1.82) is 0 Å². The van der Waals surface area contributed by atoms with E-state index in [0.717, 1.165) is 4.88 Å². The fourth-order valence-electron chi connectivity index (χ4n) is 1.62. The molecule has 20 heavy (non-hydrogen) atoms. The van der Waals surface area contributed by atoms with E-state index in [-0.39, 0.29) is 12.5 Å². The molecule has 1 heterocycles. The summed E-state index contributed by atoms with van der Waals surface area (Å²) in [6.45, 7) is 2.36. The van der Waals surface area contributed by atoms with Gasteiger partial charge in [-0.15, -0.1) is 11.3 Å². The molecule has 0 aliphatic heterocycles. The van der Waals surface area contributed by atoms with E-state index >= 15 is 0 Å². The Morgan fingerprint density at radius 2 is 2.25 bits per heavy atom. The highest BCUT2D eigenvalue weighted by molar-refractivity contribution is 7.09. The van der Waals surface area contributed by atoms with Crippen LogP contribution in [0.1, 0.15) is 22.2 Å². The fraction of sp³-hybridized carbons (Fsp3) is 0.267. The molecule has 0 aliphatic carbocycles. The maximum absolute atomic E-state index is 11.9. The summed E-state index contributed by atoms with van der Waals surface area (Å²) in [5.74, 6) is 0.440. The molecule has 2 aromatic rings. The second-order valence-corrected chi connectivity index (χ2v) is 5.49. The highest BCUT2D eigenvalue weighted by Crippen LogP contribution is 2.17. The lowest BCUT2D eigenvalue weighted by Crippen LogP contribution is -2.30. The minimum absolute atomic E-state index is 0.215. The van der Waals surface area contributed by atoms with Crippen molar-refractivity contribution in [2.75, 3.05) is 6.54 Å². The number of aliphatic hydroxyl groups excluding tert-OH is 1. The molecule has 2 N–H and O–H groups in total. The van der Waals surface area contributed by atoms with Gasteiger partial charge in [-0.25, -0.2) is 0 Å². The summed E-state index contributed by atoms with van der Waals surface area (Å²) in [5.41, 5.74) is 0.523. The number of aliphatic hydroxyl groups is 1. The van der Waals surface area contributed by atoms with Gasteiger partial charge in [0.05, 0.1) is 6.10 Å². The topological polar surface area (TPSA) is 58.6 Å². The maximum Gasteiger partial charge on any atom is 0.251 e. The van der Waals surface area contributed by atoms with Crippen molar-refractivity contribution in [2.45, 2.75) is 19.6 Å². The number of amides is 1. The molecule has 0 radical (unpaired) electrons. The number of hydrogen-bond acceptors (Lipinski definition) is 4. The first-order chi connectivity index (χ1) is 9.65.